The van der Waals surface area contributed by atoms with Crippen molar-refractivity contribution in [2.45, 2.75) is 42.0 Å². The quantitative estimate of drug-likeness (QED) is 0.117. The molecule has 5 nitrogen and oxygen atoms in total. The summed E-state index contributed by atoms with van der Waals surface area (Å²) < 4.78 is 43.6. The van der Waals surface area contributed by atoms with Gasteiger partial charge in [0.2, 0.25) is 0 Å². The van der Waals surface area contributed by atoms with Crippen molar-refractivity contribution in [3.05, 3.63) is 162 Å². The molecule has 2 atom stereocenters. The van der Waals surface area contributed by atoms with E-state index in [2.05, 4.69) is 36.4 Å². The van der Waals surface area contributed by atoms with Crippen molar-refractivity contribution in [2.24, 2.45) is 5.14 Å². The molecule has 0 amide bonds. The smallest absolute Gasteiger partial charge is 0.268 e. The van der Waals surface area contributed by atoms with E-state index >= 15 is 0 Å². The molecule has 0 bridgehead atoms. The SMILES string of the molecule is CC(C)(C(Cc1ccccc1)c1c(CP(c2ccccc2)c2ccccc2)n(S(=O)(=O)c2ccccc2)c2ccccc12)[S+](N)[O-]. The van der Waals surface area contributed by atoms with Crippen LogP contribution in [-0.2, 0) is 34.0 Å². The summed E-state index contributed by atoms with van der Waals surface area (Å²) in [7, 11) is -5.08. The second-order valence-electron chi connectivity index (χ2n) is 11.9. The number of hydrogen-bond acceptors (Lipinski definition) is 4. The Hall–Kier alpha value is -3.71. The van der Waals surface area contributed by atoms with Crippen molar-refractivity contribution in [2.75, 3.05) is 0 Å². The number of rotatable bonds is 11. The van der Waals surface area contributed by atoms with Crippen LogP contribution in [0.2, 0.25) is 0 Å². The average Bonchev–Trinajstić information content (AvgIpc) is 3.41. The lowest BCUT2D eigenvalue weighted by atomic mass is 9.81. The summed E-state index contributed by atoms with van der Waals surface area (Å²) in [4.78, 5) is 0.216. The van der Waals surface area contributed by atoms with Gasteiger partial charge in [0.1, 0.15) is 4.75 Å². The van der Waals surface area contributed by atoms with E-state index in [1.54, 1.807) is 28.2 Å². The van der Waals surface area contributed by atoms with Crippen LogP contribution in [0.1, 0.15) is 36.6 Å². The molecule has 0 aliphatic heterocycles. The molecule has 0 fully saturated rings. The van der Waals surface area contributed by atoms with Crippen LogP contribution in [0.5, 0.6) is 0 Å². The number of hydrogen-bond donors (Lipinski definition) is 1. The first-order chi connectivity index (χ1) is 22.2. The van der Waals surface area contributed by atoms with Gasteiger partial charge in [-0.1, -0.05) is 127 Å². The van der Waals surface area contributed by atoms with Crippen molar-refractivity contribution in [3.8, 4) is 0 Å². The summed E-state index contributed by atoms with van der Waals surface area (Å²) >= 11 is -1.72. The molecule has 0 aliphatic rings. The van der Waals surface area contributed by atoms with E-state index in [0.29, 0.717) is 23.8 Å². The maximum atomic E-state index is 14.8. The molecule has 0 spiro atoms. The second kappa shape index (κ2) is 13.6. The van der Waals surface area contributed by atoms with Crippen molar-refractivity contribution in [1.82, 2.24) is 3.97 Å². The first-order valence-corrected chi connectivity index (χ1v) is 19.4. The first-order valence-electron chi connectivity index (χ1n) is 15.2. The molecule has 46 heavy (non-hydrogen) atoms. The summed E-state index contributed by atoms with van der Waals surface area (Å²) in [6.07, 6.45) is 0.996. The number of benzene rings is 5. The van der Waals surface area contributed by atoms with Crippen molar-refractivity contribution in [1.29, 1.82) is 0 Å². The number of fused-ring (bicyclic) bond motifs is 1. The van der Waals surface area contributed by atoms with E-state index in [4.69, 9.17) is 5.14 Å². The first kappa shape index (κ1) is 32.2. The molecule has 1 aromatic heterocycles. The maximum Gasteiger partial charge on any atom is 0.268 e. The molecule has 2 unspecified atom stereocenters. The van der Waals surface area contributed by atoms with E-state index in [0.717, 1.165) is 27.1 Å². The topological polar surface area (TPSA) is 88.2 Å². The summed E-state index contributed by atoms with van der Waals surface area (Å²) in [5, 5.41) is 9.39. The van der Waals surface area contributed by atoms with Crippen LogP contribution < -0.4 is 15.7 Å². The molecule has 234 valence electrons. The highest BCUT2D eigenvalue weighted by Crippen LogP contribution is 2.48. The number of nitrogens with two attached hydrogens (primary N) is 1. The van der Waals surface area contributed by atoms with E-state index in [1.165, 1.54) is 0 Å². The highest BCUT2D eigenvalue weighted by atomic mass is 32.2. The Bertz CT molecular complexity index is 1980. The van der Waals surface area contributed by atoms with Gasteiger partial charge < -0.3 is 4.55 Å². The minimum atomic E-state index is -4.04. The van der Waals surface area contributed by atoms with Gasteiger partial charge in [0, 0.05) is 34.5 Å². The molecule has 8 heteroatoms. The summed E-state index contributed by atoms with van der Waals surface area (Å²) in [5.74, 6) is -0.365. The van der Waals surface area contributed by atoms with Gasteiger partial charge in [0.05, 0.1) is 10.4 Å². The molecular formula is C38H37N2O3PS2. The van der Waals surface area contributed by atoms with Gasteiger partial charge >= 0.3 is 0 Å². The van der Waals surface area contributed by atoms with Gasteiger partial charge in [-0.05, 0) is 68.1 Å². The number of para-hydroxylation sites is 1. The second-order valence-corrected chi connectivity index (χ2v) is 17.5. The van der Waals surface area contributed by atoms with E-state index in [1.807, 2.05) is 98.8 Å². The largest absolute Gasteiger partial charge is 0.598 e. The predicted molar refractivity (Wildman–Crippen MR) is 193 cm³/mol. The third kappa shape index (κ3) is 6.31. The zero-order chi connectivity index (χ0) is 32.3. The summed E-state index contributed by atoms with van der Waals surface area (Å²) in [6.45, 7) is 3.85. The van der Waals surface area contributed by atoms with Gasteiger partial charge in [0.25, 0.3) is 10.0 Å². The summed E-state index contributed by atoms with van der Waals surface area (Å²) in [6, 6.07) is 47.0. The molecule has 6 aromatic rings. The normalized spacial score (nSPS) is 13.6. The van der Waals surface area contributed by atoms with Crippen LogP contribution in [-0.4, -0.2) is 21.7 Å². The zero-order valence-corrected chi connectivity index (χ0v) is 28.4. The van der Waals surface area contributed by atoms with Crippen molar-refractivity contribution >= 4 is 50.8 Å². The molecule has 0 aliphatic carbocycles. The Morgan fingerprint density at radius 1 is 0.739 bits per heavy atom. The minimum Gasteiger partial charge on any atom is -0.598 e. The van der Waals surface area contributed by atoms with Crippen LogP contribution in [0.25, 0.3) is 10.9 Å². The van der Waals surface area contributed by atoms with Crippen LogP contribution >= 0.6 is 7.92 Å². The molecular weight excluding hydrogens is 628 g/mol. The van der Waals surface area contributed by atoms with Gasteiger partial charge in [-0.2, -0.15) is 5.14 Å². The predicted octanol–water partition coefficient (Wildman–Crippen LogP) is 7.24. The maximum absolute atomic E-state index is 14.8. The molecule has 0 radical (unpaired) electrons. The van der Waals surface area contributed by atoms with Gasteiger partial charge in [0.15, 0.2) is 0 Å². The monoisotopic (exact) mass is 664 g/mol. The van der Waals surface area contributed by atoms with Gasteiger partial charge in [-0.25, -0.2) is 12.4 Å². The van der Waals surface area contributed by atoms with Crippen LogP contribution in [0.4, 0.5) is 0 Å². The molecule has 0 saturated heterocycles. The van der Waals surface area contributed by atoms with Crippen LogP contribution in [0.15, 0.2) is 150 Å². The molecule has 0 saturated carbocycles. The fourth-order valence-electron chi connectivity index (χ4n) is 6.18. The van der Waals surface area contributed by atoms with Gasteiger partial charge in [-0.3, -0.25) is 0 Å². The molecule has 6 rings (SSSR count). The van der Waals surface area contributed by atoms with Crippen molar-refractivity contribution < 1.29 is 13.0 Å². The zero-order valence-electron chi connectivity index (χ0n) is 25.9. The Morgan fingerprint density at radius 2 is 1.22 bits per heavy atom. The van der Waals surface area contributed by atoms with Crippen molar-refractivity contribution in [3.63, 3.8) is 0 Å². The Labute approximate surface area is 276 Å². The fraction of sp³-hybridized carbons (Fsp3) is 0.158. The van der Waals surface area contributed by atoms with Crippen LogP contribution in [0.3, 0.4) is 0 Å². The Kier molecular flexibility index (Phi) is 9.51. The van der Waals surface area contributed by atoms with E-state index in [9.17, 15) is 13.0 Å². The highest BCUT2D eigenvalue weighted by molar-refractivity contribution is 7.90. The lowest BCUT2D eigenvalue weighted by Crippen LogP contribution is -2.44. The average molecular weight is 665 g/mol. The van der Waals surface area contributed by atoms with E-state index in [-0.39, 0.29) is 10.8 Å². The Balaban J connectivity index is 1.70. The fourth-order valence-corrected chi connectivity index (χ4v) is 10.7. The number of nitrogens with zero attached hydrogens (tertiary/aromatic N) is 1. The summed E-state index contributed by atoms with van der Waals surface area (Å²) in [5.41, 5.74) is 3.24. The lowest BCUT2D eigenvalue weighted by molar-refractivity contribution is 0.481. The lowest BCUT2D eigenvalue weighted by Gasteiger charge is -2.34. The number of aromatic nitrogens is 1. The van der Waals surface area contributed by atoms with Crippen LogP contribution in [0, 0.1) is 0 Å². The standard InChI is InChI=1S/C38H37N2O3PS2/c1-38(2,45(39)41)34(27-29-17-7-3-8-18-29)37-33-25-15-16-26-35(33)40(46(42,43)32-23-13-6-14-24-32)36(37)28-44(30-19-9-4-10-20-30)31-21-11-5-12-22-31/h3-26,34H,27-28,39H2,1-2H3. The Morgan fingerprint density at radius 3 is 1.76 bits per heavy atom. The third-order valence-corrected chi connectivity index (χ3v) is 14.2. The third-order valence-electron chi connectivity index (χ3n) is 8.68. The van der Waals surface area contributed by atoms with E-state index < -0.39 is 34.1 Å². The molecule has 5 aromatic carbocycles. The minimum absolute atomic E-state index is 0.216. The molecule has 2 N–H and O–H groups in total. The van der Waals surface area contributed by atoms with Gasteiger partial charge in [-0.15, -0.1) is 0 Å². The molecule has 1 heterocycles. The highest BCUT2D eigenvalue weighted by Gasteiger charge is 2.44.